The summed E-state index contributed by atoms with van der Waals surface area (Å²) in [5.41, 5.74) is 8.66. The number of para-hydroxylation sites is 2. The highest BCUT2D eigenvalue weighted by Gasteiger charge is 2.33. The molecular weight excluding hydrogens is 368 g/mol. The molecule has 1 aromatic carbocycles. The molecule has 1 atom stereocenters. The maximum absolute atomic E-state index is 13.0. The maximum atomic E-state index is 13.0. The van der Waals surface area contributed by atoms with Crippen LogP contribution in [0.5, 0.6) is 0 Å². The largest absolute Gasteiger partial charge is 0.462 e. The van der Waals surface area contributed by atoms with Gasteiger partial charge in [0, 0.05) is 12.8 Å². The van der Waals surface area contributed by atoms with Gasteiger partial charge in [-0.2, -0.15) is 0 Å². The van der Waals surface area contributed by atoms with E-state index in [1.807, 2.05) is 23.1 Å². The highest BCUT2D eigenvalue weighted by molar-refractivity contribution is 6.09. The predicted molar refractivity (Wildman–Crippen MR) is 114 cm³/mol. The number of allylic oxidation sites excluding steroid dienone is 2. The highest BCUT2D eigenvalue weighted by atomic mass is 16.5. The number of esters is 1. The van der Waals surface area contributed by atoms with Gasteiger partial charge in [-0.1, -0.05) is 25.1 Å². The zero-order valence-electron chi connectivity index (χ0n) is 17.0. The van der Waals surface area contributed by atoms with E-state index < -0.39 is 0 Å². The fourth-order valence-electron chi connectivity index (χ4n) is 3.65. The van der Waals surface area contributed by atoms with Crippen molar-refractivity contribution in [2.45, 2.75) is 45.6 Å². The van der Waals surface area contributed by atoms with Crippen molar-refractivity contribution in [3.8, 4) is 0 Å². The van der Waals surface area contributed by atoms with Gasteiger partial charge in [0.2, 0.25) is 5.91 Å². The number of aliphatic imine (C=N–C) groups is 1. The topological polar surface area (TPSA) is 97.0 Å². The van der Waals surface area contributed by atoms with Gasteiger partial charge in [0.1, 0.15) is 11.9 Å². The zero-order valence-corrected chi connectivity index (χ0v) is 17.0. The molecule has 0 aliphatic carbocycles. The second-order valence-electron chi connectivity index (χ2n) is 7.05. The van der Waals surface area contributed by atoms with E-state index >= 15 is 0 Å². The molecule has 0 aromatic heterocycles. The Morgan fingerprint density at radius 3 is 2.83 bits per heavy atom. The van der Waals surface area contributed by atoms with Crippen LogP contribution in [0.15, 0.2) is 52.3 Å². The van der Waals surface area contributed by atoms with Gasteiger partial charge in [0.05, 0.1) is 23.6 Å². The van der Waals surface area contributed by atoms with E-state index in [2.05, 4.69) is 17.2 Å². The Bertz CT molecular complexity index is 873. The van der Waals surface area contributed by atoms with Crippen LogP contribution in [0.25, 0.3) is 0 Å². The molecule has 2 aliphatic heterocycles. The van der Waals surface area contributed by atoms with Crippen LogP contribution in [0.1, 0.15) is 39.5 Å². The minimum absolute atomic E-state index is 0.0959. The van der Waals surface area contributed by atoms with Crippen molar-refractivity contribution in [2.75, 3.05) is 24.2 Å². The molecule has 1 saturated heterocycles. The van der Waals surface area contributed by atoms with Gasteiger partial charge in [-0.3, -0.25) is 4.79 Å². The molecule has 154 valence electrons. The molecule has 29 heavy (non-hydrogen) atoms. The molecule has 2 aliphatic rings. The van der Waals surface area contributed by atoms with Gasteiger partial charge < -0.3 is 20.7 Å². The number of benzene rings is 1. The summed E-state index contributed by atoms with van der Waals surface area (Å²) in [6.45, 7) is 4.90. The first kappa shape index (κ1) is 20.6. The Kier molecular flexibility index (Phi) is 6.69. The van der Waals surface area contributed by atoms with E-state index in [1.54, 1.807) is 25.3 Å². The standard InChI is InChI=1S/C22H28N4O3/c1-3-15-11-12-16(22(28)29-4-2)14-24-20(15)26-13-7-10-19(26)21(27)25-18-9-6-5-8-17(18)23/h5-6,8-9,12,14,19H,3-4,7,10-11,13,23H2,1-2H3,(H,25,27)/t19-/m0/s1. The number of carbonyl (C=O) groups is 2. The number of amides is 1. The van der Waals surface area contributed by atoms with E-state index in [1.165, 1.54) is 0 Å². The summed E-state index contributed by atoms with van der Waals surface area (Å²) in [6, 6.07) is 6.90. The quantitative estimate of drug-likeness (QED) is 0.568. The minimum atomic E-state index is -0.372. The molecular formula is C22H28N4O3. The van der Waals surface area contributed by atoms with E-state index in [9.17, 15) is 9.59 Å². The van der Waals surface area contributed by atoms with Gasteiger partial charge in [-0.15, -0.1) is 0 Å². The maximum Gasteiger partial charge on any atom is 0.339 e. The first-order valence-corrected chi connectivity index (χ1v) is 10.1. The van der Waals surface area contributed by atoms with Gasteiger partial charge >= 0.3 is 5.97 Å². The molecule has 1 amide bonds. The molecule has 0 bridgehead atoms. The third-order valence-electron chi connectivity index (χ3n) is 5.19. The van der Waals surface area contributed by atoms with Crippen LogP contribution >= 0.6 is 0 Å². The summed E-state index contributed by atoms with van der Waals surface area (Å²) in [7, 11) is 0. The summed E-state index contributed by atoms with van der Waals surface area (Å²) in [4.78, 5) is 31.7. The van der Waals surface area contributed by atoms with Gasteiger partial charge in [0.25, 0.3) is 0 Å². The Morgan fingerprint density at radius 2 is 2.10 bits per heavy atom. The molecule has 0 unspecified atom stereocenters. The van der Waals surface area contributed by atoms with Crippen molar-refractivity contribution in [3.63, 3.8) is 0 Å². The van der Waals surface area contributed by atoms with Crippen LogP contribution in [0, 0.1) is 0 Å². The molecule has 7 heteroatoms. The molecule has 2 heterocycles. The second-order valence-corrected chi connectivity index (χ2v) is 7.05. The lowest BCUT2D eigenvalue weighted by molar-refractivity contribution is -0.137. The molecule has 7 nitrogen and oxygen atoms in total. The van der Waals surface area contributed by atoms with Crippen molar-refractivity contribution in [3.05, 3.63) is 47.3 Å². The number of nitrogens with zero attached hydrogens (tertiary/aromatic N) is 2. The molecule has 3 rings (SSSR count). The van der Waals surface area contributed by atoms with Crippen LogP contribution in [0.3, 0.4) is 0 Å². The number of nitrogens with two attached hydrogens (primary N) is 1. The minimum Gasteiger partial charge on any atom is -0.462 e. The number of carbonyl (C=O) groups excluding carboxylic acids is 2. The number of ether oxygens (including phenoxy) is 1. The molecule has 3 N–H and O–H groups in total. The SMILES string of the molecule is CCOC(=O)C1=CCC(CC)=C(N2CCC[C@H]2C(=O)Nc2ccccc2N)N=C1. The average molecular weight is 396 g/mol. The third-order valence-corrected chi connectivity index (χ3v) is 5.19. The van der Waals surface area contributed by atoms with Crippen LogP contribution in [0.4, 0.5) is 11.4 Å². The molecule has 0 radical (unpaired) electrons. The van der Waals surface area contributed by atoms with Crippen molar-refractivity contribution in [2.24, 2.45) is 4.99 Å². The number of nitrogens with one attached hydrogen (secondary N) is 1. The van der Waals surface area contributed by atoms with Crippen molar-refractivity contribution in [1.29, 1.82) is 0 Å². The van der Waals surface area contributed by atoms with Crippen LogP contribution in [-0.2, 0) is 14.3 Å². The van der Waals surface area contributed by atoms with Gasteiger partial charge in [-0.25, -0.2) is 9.79 Å². The Balaban J connectivity index is 1.81. The zero-order chi connectivity index (χ0) is 20.8. The van der Waals surface area contributed by atoms with Crippen molar-refractivity contribution >= 4 is 29.5 Å². The first-order valence-electron chi connectivity index (χ1n) is 10.1. The summed E-state index contributed by atoms with van der Waals surface area (Å²) >= 11 is 0. The number of rotatable bonds is 6. The summed E-state index contributed by atoms with van der Waals surface area (Å²) < 4.78 is 5.10. The number of hydrogen-bond donors (Lipinski definition) is 2. The highest BCUT2D eigenvalue weighted by Crippen LogP contribution is 2.30. The van der Waals surface area contributed by atoms with E-state index in [0.717, 1.165) is 37.2 Å². The lowest BCUT2D eigenvalue weighted by atomic mass is 10.1. The number of anilines is 2. The second kappa shape index (κ2) is 9.41. The monoisotopic (exact) mass is 396 g/mol. The third kappa shape index (κ3) is 4.67. The Hall–Kier alpha value is -3.09. The Morgan fingerprint density at radius 1 is 1.31 bits per heavy atom. The molecule has 0 saturated carbocycles. The van der Waals surface area contributed by atoms with Crippen molar-refractivity contribution < 1.29 is 14.3 Å². The summed E-state index contributed by atoms with van der Waals surface area (Å²) in [5, 5.41) is 2.95. The number of nitrogen functional groups attached to an aromatic ring is 1. The first-order chi connectivity index (χ1) is 14.0. The Labute approximate surface area is 171 Å². The van der Waals surface area contributed by atoms with E-state index in [-0.39, 0.29) is 17.9 Å². The normalized spacial score (nSPS) is 19.0. The van der Waals surface area contributed by atoms with Gasteiger partial charge in [-0.05, 0) is 50.3 Å². The molecule has 1 fully saturated rings. The fraction of sp³-hybridized carbons (Fsp3) is 0.409. The van der Waals surface area contributed by atoms with Crippen LogP contribution in [0.2, 0.25) is 0 Å². The van der Waals surface area contributed by atoms with E-state index in [4.69, 9.17) is 10.5 Å². The number of hydrogen-bond acceptors (Lipinski definition) is 6. The van der Waals surface area contributed by atoms with Gasteiger partial charge in [0.15, 0.2) is 0 Å². The summed E-state index contributed by atoms with van der Waals surface area (Å²) in [5.74, 6) is 0.311. The average Bonchev–Trinajstić information content (AvgIpc) is 3.10. The number of likely N-dealkylation sites (tertiary alicyclic amines) is 1. The molecule has 1 aromatic rings. The predicted octanol–water partition coefficient (Wildman–Crippen LogP) is 3.26. The smallest absolute Gasteiger partial charge is 0.339 e. The van der Waals surface area contributed by atoms with Crippen molar-refractivity contribution in [1.82, 2.24) is 4.90 Å². The van der Waals surface area contributed by atoms with Crippen LogP contribution < -0.4 is 11.1 Å². The van der Waals surface area contributed by atoms with E-state index in [0.29, 0.717) is 30.0 Å². The van der Waals surface area contributed by atoms with Crippen LogP contribution in [-0.4, -0.2) is 42.2 Å². The lowest BCUT2D eigenvalue weighted by Crippen LogP contribution is -2.39. The lowest BCUT2D eigenvalue weighted by Gasteiger charge is -2.28. The fourth-order valence-corrected chi connectivity index (χ4v) is 3.65. The molecule has 0 spiro atoms. The summed E-state index contributed by atoms with van der Waals surface area (Å²) in [6.07, 6.45) is 6.44.